The molecular formula is C35H34N4O4S2. The number of aromatic nitrogens is 2. The van der Waals surface area contributed by atoms with Gasteiger partial charge in [-0.1, -0.05) is 42.1 Å². The van der Waals surface area contributed by atoms with Gasteiger partial charge in [-0.25, -0.2) is 4.98 Å². The lowest BCUT2D eigenvalue weighted by Gasteiger charge is -2.35. The molecule has 0 bridgehead atoms. The SMILES string of the molecule is CC1CN(C(=O)c2ccccc2C(=O)Nc2ccc3nc(SCC(=O)n4c5c(c6ccccc64)CCCC5)sc3c2)CC(C)O1. The van der Waals surface area contributed by atoms with Gasteiger partial charge in [-0.2, -0.15) is 0 Å². The Morgan fingerprint density at radius 1 is 0.956 bits per heavy atom. The number of fused-ring (bicyclic) bond motifs is 4. The molecule has 2 aromatic heterocycles. The Kier molecular flexibility index (Phi) is 8.20. The molecule has 7 rings (SSSR count). The van der Waals surface area contributed by atoms with Gasteiger partial charge in [0.25, 0.3) is 11.8 Å². The minimum Gasteiger partial charge on any atom is -0.372 e. The van der Waals surface area contributed by atoms with Gasteiger partial charge >= 0.3 is 0 Å². The van der Waals surface area contributed by atoms with E-state index in [0.29, 0.717) is 35.7 Å². The molecule has 3 aromatic carbocycles. The minimum absolute atomic E-state index is 0.0647. The maximum absolute atomic E-state index is 13.5. The zero-order chi connectivity index (χ0) is 31.1. The summed E-state index contributed by atoms with van der Waals surface area (Å²) in [5.74, 6) is -0.161. The minimum atomic E-state index is -0.348. The van der Waals surface area contributed by atoms with Crippen molar-refractivity contribution in [1.29, 1.82) is 0 Å². The number of anilines is 1. The van der Waals surface area contributed by atoms with Crippen molar-refractivity contribution in [3.63, 3.8) is 0 Å². The fourth-order valence-electron chi connectivity index (χ4n) is 6.59. The number of amides is 2. The zero-order valence-corrected chi connectivity index (χ0v) is 26.9. The molecule has 2 unspecified atom stereocenters. The van der Waals surface area contributed by atoms with E-state index in [1.54, 1.807) is 29.2 Å². The van der Waals surface area contributed by atoms with Crippen LogP contribution in [-0.4, -0.2) is 63.2 Å². The Hall–Kier alpha value is -3.99. The second kappa shape index (κ2) is 12.4. The van der Waals surface area contributed by atoms with Crippen LogP contribution in [0, 0.1) is 0 Å². The molecule has 1 N–H and O–H groups in total. The number of morpholine rings is 1. The van der Waals surface area contributed by atoms with Crippen molar-refractivity contribution in [3.05, 3.63) is 89.1 Å². The summed E-state index contributed by atoms with van der Waals surface area (Å²) in [4.78, 5) is 46.9. The molecule has 2 aliphatic rings. The maximum atomic E-state index is 13.5. The normalized spacial score (nSPS) is 18.2. The third-order valence-electron chi connectivity index (χ3n) is 8.48. The van der Waals surface area contributed by atoms with E-state index in [4.69, 9.17) is 9.72 Å². The lowest BCUT2D eigenvalue weighted by Crippen LogP contribution is -2.48. The number of hydrogen-bond acceptors (Lipinski definition) is 7. The van der Waals surface area contributed by atoms with E-state index in [9.17, 15) is 14.4 Å². The van der Waals surface area contributed by atoms with Gasteiger partial charge in [-0.05, 0) is 81.5 Å². The van der Waals surface area contributed by atoms with Gasteiger partial charge in [0.05, 0.1) is 44.8 Å². The molecule has 1 aliphatic heterocycles. The number of rotatable bonds is 6. The topological polar surface area (TPSA) is 93.5 Å². The van der Waals surface area contributed by atoms with Crippen molar-refractivity contribution in [3.8, 4) is 0 Å². The smallest absolute Gasteiger partial charge is 0.256 e. The Morgan fingerprint density at radius 2 is 1.69 bits per heavy atom. The first-order valence-electron chi connectivity index (χ1n) is 15.4. The summed E-state index contributed by atoms with van der Waals surface area (Å²) in [6.45, 7) is 4.86. The van der Waals surface area contributed by atoms with Gasteiger partial charge in [0.15, 0.2) is 4.34 Å². The molecule has 1 aliphatic carbocycles. The summed E-state index contributed by atoms with van der Waals surface area (Å²) in [6.07, 6.45) is 4.09. The lowest BCUT2D eigenvalue weighted by molar-refractivity contribution is -0.0586. The van der Waals surface area contributed by atoms with Gasteiger partial charge in [-0.15, -0.1) is 11.3 Å². The van der Waals surface area contributed by atoms with Gasteiger partial charge < -0.3 is 15.0 Å². The molecule has 0 spiro atoms. The first-order valence-corrected chi connectivity index (χ1v) is 17.2. The summed E-state index contributed by atoms with van der Waals surface area (Å²) in [5.41, 5.74) is 5.60. The van der Waals surface area contributed by atoms with E-state index < -0.39 is 0 Å². The van der Waals surface area contributed by atoms with E-state index in [1.165, 1.54) is 34.0 Å². The Balaban J connectivity index is 1.06. The molecule has 0 radical (unpaired) electrons. The number of thioether (sulfide) groups is 1. The van der Waals surface area contributed by atoms with Gasteiger partial charge in [0.2, 0.25) is 5.91 Å². The molecule has 0 saturated carbocycles. The molecule has 2 atom stereocenters. The van der Waals surface area contributed by atoms with Crippen molar-refractivity contribution in [2.45, 2.75) is 56.1 Å². The van der Waals surface area contributed by atoms with E-state index in [0.717, 1.165) is 51.5 Å². The first-order chi connectivity index (χ1) is 21.9. The van der Waals surface area contributed by atoms with E-state index in [2.05, 4.69) is 11.4 Å². The van der Waals surface area contributed by atoms with Gasteiger partial charge in [0, 0.05) is 29.9 Å². The Labute approximate surface area is 269 Å². The average molecular weight is 639 g/mol. The summed E-state index contributed by atoms with van der Waals surface area (Å²) in [6, 6.07) is 20.7. The third-order valence-corrected chi connectivity index (χ3v) is 10.6. The number of thiazole rings is 1. The van der Waals surface area contributed by atoms with E-state index in [-0.39, 0.29) is 29.9 Å². The average Bonchev–Trinajstić information content (AvgIpc) is 3.61. The van der Waals surface area contributed by atoms with E-state index >= 15 is 0 Å². The number of aryl methyl sites for hydroxylation is 1. The Bertz CT molecular complexity index is 1940. The fraction of sp³-hybridized carbons (Fsp3) is 0.314. The quantitative estimate of drug-likeness (QED) is 0.200. The van der Waals surface area contributed by atoms with E-state index in [1.807, 2.05) is 54.8 Å². The van der Waals surface area contributed by atoms with Crippen molar-refractivity contribution >= 4 is 67.6 Å². The van der Waals surface area contributed by atoms with Crippen molar-refractivity contribution in [2.24, 2.45) is 0 Å². The molecule has 5 aromatic rings. The first kappa shape index (κ1) is 29.7. The van der Waals surface area contributed by atoms with Crippen LogP contribution in [0.4, 0.5) is 5.69 Å². The number of ether oxygens (including phenoxy) is 1. The van der Waals surface area contributed by atoms with Crippen LogP contribution in [0.3, 0.4) is 0 Å². The maximum Gasteiger partial charge on any atom is 0.256 e. The van der Waals surface area contributed by atoms with Gasteiger partial charge in [-0.3, -0.25) is 19.0 Å². The van der Waals surface area contributed by atoms with Crippen LogP contribution >= 0.6 is 23.1 Å². The van der Waals surface area contributed by atoms with Crippen LogP contribution in [0.5, 0.6) is 0 Å². The molecule has 10 heteroatoms. The predicted octanol–water partition coefficient (Wildman–Crippen LogP) is 7.06. The van der Waals surface area contributed by atoms with Crippen molar-refractivity contribution < 1.29 is 19.1 Å². The summed E-state index contributed by atoms with van der Waals surface area (Å²) in [7, 11) is 0. The summed E-state index contributed by atoms with van der Waals surface area (Å²) < 4.78 is 9.42. The number of benzene rings is 3. The third kappa shape index (κ3) is 5.90. The second-order valence-corrected chi connectivity index (χ2v) is 14.0. The number of hydrogen-bond donors (Lipinski definition) is 1. The number of carbonyl (C=O) groups is 3. The molecule has 2 amide bonds. The molecule has 1 saturated heterocycles. The van der Waals surface area contributed by atoms with Crippen LogP contribution in [0.25, 0.3) is 21.1 Å². The molecular weight excluding hydrogens is 605 g/mol. The number of nitrogens with zero attached hydrogens (tertiary/aromatic N) is 3. The largest absolute Gasteiger partial charge is 0.372 e. The highest BCUT2D eigenvalue weighted by Crippen LogP contribution is 2.35. The number of para-hydroxylation sites is 1. The Morgan fingerprint density at radius 3 is 2.51 bits per heavy atom. The molecule has 1 fully saturated rings. The highest BCUT2D eigenvalue weighted by molar-refractivity contribution is 8.01. The monoisotopic (exact) mass is 638 g/mol. The van der Waals surface area contributed by atoms with Crippen molar-refractivity contribution in [2.75, 3.05) is 24.2 Å². The van der Waals surface area contributed by atoms with Crippen LogP contribution in [-0.2, 0) is 17.6 Å². The standard InChI is InChI=1S/C35H34N4O4S2/c1-21-18-38(19-22(2)43-21)34(42)27-12-4-3-11-26(27)33(41)36-23-15-16-28-31(17-23)45-35(37-28)44-20-32(40)39-29-13-7-5-9-24(29)25-10-6-8-14-30(25)39/h3-5,7,9,11-13,15-17,21-22H,6,8,10,14,18-20H2,1-2H3,(H,36,41). The zero-order valence-electron chi connectivity index (χ0n) is 25.2. The predicted molar refractivity (Wildman–Crippen MR) is 180 cm³/mol. The highest BCUT2D eigenvalue weighted by atomic mass is 32.2. The number of carbonyl (C=O) groups excluding carboxylic acids is 3. The van der Waals surface area contributed by atoms with Gasteiger partial charge in [0.1, 0.15) is 0 Å². The molecule has 3 heterocycles. The number of nitrogens with one attached hydrogen (secondary N) is 1. The fourth-order valence-corrected chi connectivity index (χ4v) is 8.55. The van der Waals surface area contributed by atoms with Crippen LogP contribution < -0.4 is 5.32 Å². The van der Waals surface area contributed by atoms with Crippen LogP contribution in [0.1, 0.15) is 63.5 Å². The summed E-state index contributed by atoms with van der Waals surface area (Å²) in [5, 5.41) is 4.16. The highest BCUT2D eigenvalue weighted by Gasteiger charge is 2.29. The molecule has 230 valence electrons. The van der Waals surface area contributed by atoms with Crippen molar-refractivity contribution in [1.82, 2.24) is 14.5 Å². The lowest BCUT2D eigenvalue weighted by atomic mass is 9.96. The molecule has 8 nitrogen and oxygen atoms in total. The summed E-state index contributed by atoms with van der Waals surface area (Å²) >= 11 is 2.95. The van der Waals surface area contributed by atoms with Crippen LogP contribution in [0.15, 0.2) is 71.1 Å². The van der Waals surface area contributed by atoms with Crippen LogP contribution in [0.2, 0.25) is 0 Å². The second-order valence-electron chi connectivity index (χ2n) is 11.8. The molecule has 45 heavy (non-hydrogen) atoms.